The van der Waals surface area contributed by atoms with E-state index >= 15 is 0 Å². The molecule has 31 heavy (non-hydrogen) atoms. The first kappa shape index (κ1) is 20.5. The summed E-state index contributed by atoms with van der Waals surface area (Å²) in [6, 6.07) is 22.7. The largest absolute Gasteiger partial charge is 0.280 e. The molecule has 0 radical (unpaired) electrons. The van der Waals surface area contributed by atoms with Crippen molar-refractivity contribution in [1.82, 2.24) is 15.0 Å². The van der Waals surface area contributed by atoms with Gasteiger partial charge in [0.25, 0.3) is 11.5 Å². The van der Waals surface area contributed by atoms with Crippen molar-refractivity contribution in [2.45, 2.75) is 13.0 Å². The fourth-order valence-corrected chi connectivity index (χ4v) is 3.44. The average molecular weight is 431 g/mol. The number of benzene rings is 3. The van der Waals surface area contributed by atoms with Crippen LogP contribution in [0.3, 0.4) is 0 Å². The molecule has 0 fully saturated rings. The number of hydrazone groups is 1. The van der Waals surface area contributed by atoms with Gasteiger partial charge in [0.15, 0.2) is 0 Å². The van der Waals surface area contributed by atoms with E-state index in [1.54, 1.807) is 37.3 Å². The van der Waals surface area contributed by atoms with E-state index < -0.39 is 11.9 Å². The van der Waals surface area contributed by atoms with Gasteiger partial charge in [0.2, 0.25) is 0 Å². The fraction of sp³-hybridized carbons (Fsp3) is 0.0833. The van der Waals surface area contributed by atoms with Gasteiger partial charge in [-0.3, -0.25) is 14.2 Å². The fourth-order valence-electron chi connectivity index (χ4n) is 3.25. The zero-order valence-electron chi connectivity index (χ0n) is 16.7. The maximum absolute atomic E-state index is 13.3. The number of fused-ring (bicyclic) bond motifs is 1. The highest BCUT2D eigenvalue weighted by Crippen LogP contribution is 2.22. The number of carbonyl (C=O) groups excluding carboxylic acids is 1. The molecule has 0 unspecified atom stereocenters. The van der Waals surface area contributed by atoms with Crippen LogP contribution in [0.1, 0.15) is 18.5 Å². The lowest BCUT2D eigenvalue weighted by molar-refractivity contribution is -0.123. The molecule has 0 aliphatic carbocycles. The van der Waals surface area contributed by atoms with Crippen LogP contribution in [-0.4, -0.2) is 21.7 Å². The summed E-state index contributed by atoms with van der Waals surface area (Å²) in [5, 5.41) is 4.97. The Hall–Kier alpha value is -3.77. The Bertz CT molecular complexity index is 1330. The predicted octanol–water partition coefficient (Wildman–Crippen LogP) is 4.43. The van der Waals surface area contributed by atoms with Crippen molar-refractivity contribution in [1.29, 1.82) is 0 Å². The summed E-state index contributed by atoms with van der Waals surface area (Å²) < 4.78 is 1.40. The van der Waals surface area contributed by atoms with Gasteiger partial charge >= 0.3 is 0 Å². The Morgan fingerprint density at radius 2 is 1.71 bits per heavy atom. The minimum absolute atomic E-state index is 0.290. The summed E-state index contributed by atoms with van der Waals surface area (Å²) >= 11 is 6.11. The molecule has 0 saturated heterocycles. The highest BCUT2D eigenvalue weighted by atomic mass is 35.5. The van der Waals surface area contributed by atoms with Gasteiger partial charge in [0, 0.05) is 16.1 Å². The van der Waals surface area contributed by atoms with Crippen molar-refractivity contribution in [2.75, 3.05) is 0 Å². The van der Waals surface area contributed by atoms with E-state index in [4.69, 9.17) is 11.6 Å². The molecule has 0 aliphatic rings. The molecule has 4 rings (SSSR count). The zero-order valence-corrected chi connectivity index (χ0v) is 17.5. The molecule has 1 amide bonds. The van der Waals surface area contributed by atoms with Gasteiger partial charge in [-0.2, -0.15) is 5.10 Å². The van der Waals surface area contributed by atoms with E-state index in [9.17, 15) is 9.59 Å². The molecule has 1 aromatic heterocycles. The Balaban J connectivity index is 1.72. The molecule has 4 aromatic rings. The van der Waals surface area contributed by atoms with Crippen molar-refractivity contribution >= 4 is 34.6 Å². The van der Waals surface area contributed by atoms with Crippen LogP contribution in [0.4, 0.5) is 0 Å². The average Bonchev–Trinajstić information content (AvgIpc) is 2.80. The van der Waals surface area contributed by atoms with Gasteiger partial charge < -0.3 is 0 Å². The normalized spacial score (nSPS) is 12.2. The summed E-state index contributed by atoms with van der Waals surface area (Å²) in [6.07, 6.45) is 1.46. The van der Waals surface area contributed by atoms with E-state index in [1.165, 1.54) is 10.8 Å². The van der Waals surface area contributed by atoms with Gasteiger partial charge in [0.05, 0.1) is 17.1 Å². The van der Waals surface area contributed by atoms with Crippen molar-refractivity contribution in [3.63, 3.8) is 0 Å². The first-order valence-electron chi connectivity index (χ1n) is 9.70. The highest BCUT2D eigenvalue weighted by Gasteiger charge is 2.22. The van der Waals surface area contributed by atoms with Crippen molar-refractivity contribution in [3.8, 4) is 11.4 Å². The monoisotopic (exact) mass is 430 g/mol. The number of amides is 1. The standard InChI is InChI=1S/C24H19ClN4O2/c1-16(23(30)28-26-15-18-11-5-7-13-20(18)25)29-22(17-9-3-2-4-10-17)27-21-14-8-6-12-19(21)24(29)31/h2-16H,1H3,(H,28,30)/b26-15-/t16-/m1/s1. The first-order chi connectivity index (χ1) is 15.1. The second-order valence-corrected chi connectivity index (χ2v) is 7.33. The molecular formula is C24H19ClN4O2. The predicted molar refractivity (Wildman–Crippen MR) is 123 cm³/mol. The molecule has 3 aromatic carbocycles. The minimum atomic E-state index is -0.844. The summed E-state index contributed by atoms with van der Waals surface area (Å²) in [7, 11) is 0. The smallest absolute Gasteiger partial charge is 0.263 e. The van der Waals surface area contributed by atoms with Crippen LogP contribution < -0.4 is 11.0 Å². The van der Waals surface area contributed by atoms with Crippen molar-refractivity contribution in [2.24, 2.45) is 5.10 Å². The molecule has 154 valence electrons. The molecule has 7 heteroatoms. The number of hydrogen-bond acceptors (Lipinski definition) is 4. The summed E-state index contributed by atoms with van der Waals surface area (Å²) in [5.74, 6) is -0.0262. The molecule has 1 atom stereocenters. The molecule has 6 nitrogen and oxygen atoms in total. The number of hydrogen-bond donors (Lipinski definition) is 1. The number of para-hydroxylation sites is 1. The highest BCUT2D eigenvalue weighted by molar-refractivity contribution is 6.33. The van der Waals surface area contributed by atoms with Crippen LogP contribution in [0.2, 0.25) is 5.02 Å². The van der Waals surface area contributed by atoms with Crippen LogP contribution >= 0.6 is 11.6 Å². The van der Waals surface area contributed by atoms with Gasteiger partial charge in [0.1, 0.15) is 11.9 Å². The van der Waals surface area contributed by atoms with Crippen LogP contribution in [0.15, 0.2) is 88.8 Å². The van der Waals surface area contributed by atoms with Gasteiger partial charge in [-0.1, -0.05) is 72.3 Å². The third kappa shape index (κ3) is 4.25. The number of rotatable bonds is 5. The molecule has 0 saturated carbocycles. The van der Waals surface area contributed by atoms with Crippen LogP contribution in [-0.2, 0) is 4.79 Å². The number of halogens is 1. The minimum Gasteiger partial charge on any atom is -0.280 e. The van der Waals surface area contributed by atoms with Crippen LogP contribution in [0, 0.1) is 0 Å². The number of nitrogens with zero attached hydrogens (tertiary/aromatic N) is 3. The molecule has 0 aliphatic heterocycles. The van der Waals surface area contributed by atoms with Crippen molar-refractivity contribution < 1.29 is 4.79 Å². The Morgan fingerprint density at radius 1 is 1.03 bits per heavy atom. The topological polar surface area (TPSA) is 76.3 Å². The Labute approximate surface area is 183 Å². The third-order valence-electron chi connectivity index (χ3n) is 4.89. The van der Waals surface area contributed by atoms with Crippen LogP contribution in [0.5, 0.6) is 0 Å². The van der Waals surface area contributed by atoms with E-state index in [-0.39, 0.29) is 5.56 Å². The summed E-state index contributed by atoms with van der Waals surface area (Å²) in [6.45, 7) is 1.64. The van der Waals surface area contributed by atoms with E-state index in [0.717, 1.165) is 5.56 Å². The number of nitrogens with one attached hydrogen (secondary N) is 1. The molecule has 1 heterocycles. The number of aromatic nitrogens is 2. The first-order valence-corrected chi connectivity index (χ1v) is 10.1. The maximum Gasteiger partial charge on any atom is 0.263 e. The molecular weight excluding hydrogens is 412 g/mol. The Kier molecular flexibility index (Phi) is 5.91. The zero-order chi connectivity index (χ0) is 21.8. The second-order valence-electron chi connectivity index (χ2n) is 6.93. The lowest BCUT2D eigenvalue weighted by Gasteiger charge is -2.18. The van der Waals surface area contributed by atoms with E-state index in [1.807, 2.05) is 48.5 Å². The Morgan fingerprint density at radius 3 is 2.48 bits per heavy atom. The lowest BCUT2D eigenvalue weighted by atomic mass is 10.1. The van der Waals surface area contributed by atoms with E-state index in [0.29, 0.717) is 27.3 Å². The quantitative estimate of drug-likeness (QED) is 0.376. The number of carbonyl (C=O) groups is 1. The van der Waals surface area contributed by atoms with Crippen LogP contribution in [0.25, 0.3) is 22.3 Å². The van der Waals surface area contributed by atoms with E-state index in [2.05, 4.69) is 15.5 Å². The lowest BCUT2D eigenvalue weighted by Crippen LogP contribution is -2.35. The summed E-state index contributed by atoms with van der Waals surface area (Å²) in [4.78, 5) is 30.8. The van der Waals surface area contributed by atoms with Gasteiger partial charge in [-0.25, -0.2) is 10.4 Å². The molecule has 0 bridgehead atoms. The third-order valence-corrected chi connectivity index (χ3v) is 5.23. The summed E-state index contributed by atoms with van der Waals surface area (Å²) in [5.41, 5.74) is 4.19. The van der Waals surface area contributed by atoms with Gasteiger partial charge in [-0.15, -0.1) is 0 Å². The SMILES string of the molecule is C[C@H](C(=O)N/N=C\c1ccccc1Cl)n1c(-c2ccccc2)nc2ccccc2c1=O. The van der Waals surface area contributed by atoms with Gasteiger partial charge in [-0.05, 0) is 25.1 Å². The molecule has 1 N–H and O–H groups in total. The maximum atomic E-state index is 13.3. The van der Waals surface area contributed by atoms with Crippen molar-refractivity contribution in [3.05, 3.63) is 99.8 Å². The molecule has 0 spiro atoms. The second kappa shape index (κ2) is 8.93.